The molecule has 0 spiro atoms. The first kappa shape index (κ1) is 16.1. The van der Waals surface area contributed by atoms with Gasteiger partial charge in [0, 0.05) is 18.8 Å². The number of aliphatic carboxylic acids is 1. The molecule has 0 radical (unpaired) electrons. The van der Waals surface area contributed by atoms with Crippen LogP contribution in [-0.2, 0) is 4.79 Å². The quantitative estimate of drug-likeness (QED) is 0.752. The Balaban J connectivity index is 2.68. The van der Waals surface area contributed by atoms with Crippen LogP contribution in [0.3, 0.4) is 0 Å². The van der Waals surface area contributed by atoms with E-state index in [1.165, 1.54) is 0 Å². The van der Waals surface area contributed by atoms with Crippen LogP contribution in [0.15, 0.2) is 0 Å². The van der Waals surface area contributed by atoms with Crippen LogP contribution >= 0.6 is 11.8 Å². The molecule has 5 nitrogen and oxygen atoms in total. The Morgan fingerprint density at radius 1 is 1.53 bits per heavy atom. The van der Waals surface area contributed by atoms with Crippen LogP contribution in [-0.4, -0.2) is 52.6 Å². The Labute approximate surface area is 119 Å². The second-order valence-electron chi connectivity index (χ2n) is 5.34. The molecule has 0 aliphatic heterocycles. The molecule has 1 rings (SSSR count). The number of nitrogens with zero attached hydrogens (tertiary/aromatic N) is 1. The number of hydrogen-bond donors (Lipinski definition) is 2. The lowest BCUT2D eigenvalue weighted by atomic mass is 9.96. The maximum Gasteiger partial charge on any atom is 0.329 e. The maximum absolute atomic E-state index is 12.2. The van der Waals surface area contributed by atoms with E-state index in [4.69, 9.17) is 0 Å². The van der Waals surface area contributed by atoms with Gasteiger partial charge in [-0.2, -0.15) is 11.8 Å². The number of urea groups is 1. The molecule has 0 bridgehead atoms. The molecule has 1 aliphatic carbocycles. The van der Waals surface area contributed by atoms with Crippen LogP contribution in [0.1, 0.15) is 33.1 Å². The van der Waals surface area contributed by atoms with E-state index in [-0.39, 0.29) is 18.0 Å². The fraction of sp³-hybridized carbons (Fsp3) is 0.846. The second kappa shape index (κ2) is 6.50. The molecule has 2 amide bonds. The number of carboxylic acids is 1. The molecule has 2 unspecified atom stereocenters. The van der Waals surface area contributed by atoms with Crippen LogP contribution in [0.25, 0.3) is 0 Å². The van der Waals surface area contributed by atoms with Crippen molar-refractivity contribution in [1.29, 1.82) is 0 Å². The third kappa shape index (κ3) is 3.78. The minimum absolute atomic E-state index is 0.0583. The van der Waals surface area contributed by atoms with E-state index in [9.17, 15) is 14.7 Å². The fourth-order valence-electron chi connectivity index (χ4n) is 2.16. The number of carbonyl (C=O) groups is 2. The molecule has 0 saturated heterocycles. The van der Waals surface area contributed by atoms with Crippen LogP contribution in [0.2, 0.25) is 0 Å². The Hall–Kier alpha value is -0.910. The van der Waals surface area contributed by atoms with Gasteiger partial charge >= 0.3 is 12.0 Å². The summed E-state index contributed by atoms with van der Waals surface area (Å²) in [4.78, 5) is 25.2. The van der Waals surface area contributed by atoms with E-state index in [2.05, 4.69) is 5.32 Å². The summed E-state index contributed by atoms with van der Waals surface area (Å²) >= 11 is 1.68. The van der Waals surface area contributed by atoms with Crippen LogP contribution in [0.4, 0.5) is 4.79 Å². The fourth-order valence-corrected chi connectivity index (χ4v) is 3.01. The number of thioether (sulfide) groups is 1. The molecule has 1 aliphatic rings. The van der Waals surface area contributed by atoms with Crippen molar-refractivity contribution in [2.45, 2.75) is 44.7 Å². The van der Waals surface area contributed by atoms with Gasteiger partial charge in [-0.3, -0.25) is 0 Å². The minimum Gasteiger partial charge on any atom is -0.480 e. The zero-order valence-electron chi connectivity index (χ0n) is 12.1. The summed E-state index contributed by atoms with van der Waals surface area (Å²) in [6.45, 7) is 3.64. The molecule has 0 aromatic rings. The molecule has 0 aromatic heterocycles. The molecule has 2 atom stereocenters. The number of nitrogens with one attached hydrogen (secondary N) is 1. The van der Waals surface area contributed by atoms with E-state index >= 15 is 0 Å². The highest BCUT2D eigenvalue weighted by Crippen LogP contribution is 2.39. The van der Waals surface area contributed by atoms with Crippen molar-refractivity contribution in [2.24, 2.45) is 5.92 Å². The molecule has 1 fully saturated rings. The Kier molecular flexibility index (Phi) is 5.52. The summed E-state index contributed by atoms with van der Waals surface area (Å²) in [5.74, 6) is -0.0363. The number of hydrogen-bond acceptors (Lipinski definition) is 3. The van der Waals surface area contributed by atoms with Crippen molar-refractivity contribution in [3.05, 3.63) is 0 Å². The molecule has 0 aromatic carbocycles. The van der Waals surface area contributed by atoms with Gasteiger partial charge in [-0.05, 0) is 38.4 Å². The van der Waals surface area contributed by atoms with Crippen molar-refractivity contribution in [1.82, 2.24) is 10.2 Å². The predicted octanol–water partition coefficient (Wildman–Crippen LogP) is 2.02. The highest BCUT2D eigenvalue weighted by molar-refractivity contribution is 7.98. The Morgan fingerprint density at radius 2 is 2.11 bits per heavy atom. The van der Waals surface area contributed by atoms with E-state index in [1.54, 1.807) is 30.6 Å². The molecular formula is C13H24N2O3S. The van der Waals surface area contributed by atoms with E-state index in [1.807, 2.05) is 13.2 Å². The minimum atomic E-state index is -1.14. The summed E-state index contributed by atoms with van der Waals surface area (Å²) in [6.07, 6.45) is 4.60. The maximum atomic E-state index is 12.2. The van der Waals surface area contributed by atoms with Gasteiger partial charge in [0.25, 0.3) is 0 Å². The molecule has 0 heterocycles. The van der Waals surface area contributed by atoms with Gasteiger partial charge in [0.1, 0.15) is 5.54 Å². The van der Waals surface area contributed by atoms with Gasteiger partial charge in [-0.1, -0.05) is 6.92 Å². The standard InChI is InChI=1S/C13H24N2O3S/c1-5-10(8-19-4)15(3)12(18)14-13(2,11(16)17)9-6-7-9/h9-10H,5-8H2,1-4H3,(H,14,18)(H,16,17). The SMILES string of the molecule is CCC(CSC)N(C)C(=O)NC(C)(C(=O)O)C1CC1. The Morgan fingerprint density at radius 3 is 2.47 bits per heavy atom. The van der Waals surface area contributed by atoms with Crippen molar-refractivity contribution >= 4 is 23.8 Å². The average Bonchev–Trinajstić information content (AvgIpc) is 3.19. The molecule has 19 heavy (non-hydrogen) atoms. The first-order chi connectivity index (χ1) is 8.86. The number of carboxylic acid groups (broad SMARTS) is 1. The van der Waals surface area contributed by atoms with Crippen LogP contribution in [0.5, 0.6) is 0 Å². The monoisotopic (exact) mass is 288 g/mol. The van der Waals surface area contributed by atoms with Crippen molar-refractivity contribution < 1.29 is 14.7 Å². The van der Waals surface area contributed by atoms with Crippen LogP contribution < -0.4 is 5.32 Å². The highest BCUT2D eigenvalue weighted by atomic mass is 32.2. The number of carbonyl (C=O) groups excluding carboxylic acids is 1. The third-order valence-electron chi connectivity index (χ3n) is 3.90. The van der Waals surface area contributed by atoms with Gasteiger partial charge in [0.2, 0.25) is 0 Å². The van der Waals surface area contributed by atoms with Gasteiger partial charge in [-0.25, -0.2) is 9.59 Å². The van der Waals surface area contributed by atoms with Crippen molar-refractivity contribution in [2.75, 3.05) is 19.1 Å². The zero-order chi connectivity index (χ0) is 14.6. The first-order valence-electron chi connectivity index (χ1n) is 6.64. The van der Waals surface area contributed by atoms with Crippen molar-refractivity contribution in [3.63, 3.8) is 0 Å². The zero-order valence-corrected chi connectivity index (χ0v) is 12.9. The molecule has 110 valence electrons. The largest absolute Gasteiger partial charge is 0.480 e. The van der Waals surface area contributed by atoms with Gasteiger partial charge in [-0.15, -0.1) is 0 Å². The molecule has 1 saturated carbocycles. The van der Waals surface area contributed by atoms with Gasteiger partial charge in [0.05, 0.1) is 0 Å². The van der Waals surface area contributed by atoms with E-state index in [0.29, 0.717) is 0 Å². The number of rotatable bonds is 7. The van der Waals surface area contributed by atoms with Gasteiger partial charge < -0.3 is 15.3 Å². The number of amides is 2. The van der Waals surface area contributed by atoms with E-state index < -0.39 is 11.5 Å². The summed E-state index contributed by atoms with van der Waals surface area (Å²) in [7, 11) is 1.73. The lowest BCUT2D eigenvalue weighted by molar-refractivity contribution is -0.144. The van der Waals surface area contributed by atoms with Gasteiger partial charge in [0.15, 0.2) is 0 Å². The Bertz CT molecular complexity index is 347. The van der Waals surface area contributed by atoms with E-state index in [0.717, 1.165) is 25.0 Å². The summed E-state index contributed by atoms with van der Waals surface area (Å²) in [6, 6.07) is -0.162. The summed E-state index contributed by atoms with van der Waals surface area (Å²) in [5.41, 5.74) is -1.14. The average molecular weight is 288 g/mol. The summed E-state index contributed by atoms with van der Waals surface area (Å²) in [5, 5.41) is 12.0. The lowest BCUT2D eigenvalue weighted by Gasteiger charge is -2.32. The molecule has 6 heteroatoms. The van der Waals surface area contributed by atoms with Crippen molar-refractivity contribution in [3.8, 4) is 0 Å². The third-order valence-corrected chi connectivity index (χ3v) is 4.62. The topological polar surface area (TPSA) is 69.6 Å². The first-order valence-corrected chi connectivity index (χ1v) is 8.03. The van der Waals surface area contributed by atoms with Crippen LogP contribution in [0, 0.1) is 5.92 Å². The molecule has 2 N–H and O–H groups in total. The highest BCUT2D eigenvalue weighted by Gasteiger charge is 2.49. The smallest absolute Gasteiger partial charge is 0.329 e. The normalized spacial score (nSPS) is 19.4. The lowest BCUT2D eigenvalue weighted by Crippen LogP contribution is -2.58. The second-order valence-corrected chi connectivity index (χ2v) is 6.25. The summed E-state index contributed by atoms with van der Waals surface area (Å²) < 4.78 is 0. The molecular weight excluding hydrogens is 264 g/mol. The predicted molar refractivity (Wildman–Crippen MR) is 77.5 cm³/mol.